The van der Waals surface area contributed by atoms with Gasteiger partial charge in [-0.1, -0.05) is 36.2 Å². The van der Waals surface area contributed by atoms with Gasteiger partial charge >= 0.3 is 0 Å². The van der Waals surface area contributed by atoms with Crippen LogP contribution < -0.4 is 16.4 Å². The number of nitrogens with two attached hydrogens (primary N) is 1. The molecule has 0 aliphatic heterocycles. The molecule has 1 aliphatic carbocycles. The predicted octanol–water partition coefficient (Wildman–Crippen LogP) is 3.80. The lowest BCUT2D eigenvalue weighted by Crippen LogP contribution is -2.31. The van der Waals surface area contributed by atoms with Crippen LogP contribution >= 0.6 is 12.4 Å². The third-order valence-electron chi connectivity index (χ3n) is 5.15. The molecule has 150 valence electrons. The largest absolute Gasteiger partial charge is 0.352 e. The van der Waals surface area contributed by atoms with Crippen molar-refractivity contribution in [3.05, 3.63) is 65.2 Å². The van der Waals surface area contributed by atoms with Crippen molar-refractivity contribution in [3.8, 4) is 0 Å². The number of hydrogen-bond donors (Lipinski definition) is 3. The second-order valence-electron chi connectivity index (χ2n) is 7.36. The zero-order valence-electron chi connectivity index (χ0n) is 16.1. The number of carbonyl (C=O) groups is 2. The Kier molecular flexibility index (Phi) is 8.03. The van der Waals surface area contributed by atoms with Crippen LogP contribution in [-0.4, -0.2) is 17.9 Å². The number of nitrogens with one attached hydrogen (secondary N) is 2. The summed E-state index contributed by atoms with van der Waals surface area (Å²) in [5.41, 5.74) is 9.43. The summed E-state index contributed by atoms with van der Waals surface area (Å²) in [7, 11) is 0. The highest BCUT2D eigenvalue weighted by molar-refractivity contribution is 6.04. The van der Waals surface area contributed by atoms with Crippen LogP contribution in [-0.2, 0) is 11.3 Å². The normalized spacial score (nSPS) is 18.2. The van der Waals surface area contributed by atoms with Crippen LogP contribution in [0.2, 0.25) is 0 Å². The fourth-order valence-corrected chi connectivity index (χ4v) is 3.50. The summed E-state index contributed by atoms with van der Waals surface area (Å²) in [5.74, 6) is 0.183. The molecule has 2 amide bonds. The van der Waals surface area contributed by atoms with Gasteiger partial charge in [-0.05, 0) is 55.5 Å². The molecule has 0 saturated heterocycles. The lowest BCUT2D eigenvalue weighted by Gasteiger charge is -2.15. The molecular weight excluding hydrogens is 374 g/mol. The molecule has 0 aromatic heterocycles. The van der Waals surface area contributed by atoms with E-state index in [1.807, 2.05) is 55.5 Å². The van der Waals surface area contributed by atoms with Gasteiger partial charge in [0.25, 0.3) is 5.91 Å². The molecule has 28 heavy (non-hydrogen) atoms. The first-order valence-electron chi connectivity index (χ1n) is 9.50. The molecule has 1 saturated carbocycles. The molecule has 4 N–H and O–H groups in total. The Bertz CT molecular complexity index is 808. The number of aryl methyl sites for hydroxylation is 1. The van der Waals surface area contributed by atoms with Crippen molar-refractivity contribution in [3.63, 3.8) is 0 Å². The predicted molar refractivity (Wildman–Crippen MR) is 115 cm³/mol. The van der Waals surface area contributed by atoms with E-state index in [0.717, 1.165) is 30.4 Å². The van der Waals surface area contributed by atoms with E-state index >= 15 is 0 Å². The first-order chi connectivity index (χ1) is 13.0. The summed E-state index contributed by atoms with van der Waals surface area (Å²) in [6.07, 6.45) is 3.66. The quantitative estimate of drug-likeness (QED) is 0.688. The van der Waals surface area contributed by atoms with Gasteiger partial charge in [-0.25, -0.2) is 0 Å². The van der Waals surface area contributed by atoms with E-state index in [1.165, 1.54) is 0 Å². The number of benzene rings is 2. The smallest absolute Gasteiger partial charge is 0.255 e. The Labute approximate surface area is 172 Å². The van der Waals surface area contributed by atoms with E-state index in [9.17, 15) is 9.59 Å². The van der Waals surface area contributed by atoms with E-state index < -0.39 is 0 Å². The highest BCUT2D eigenvalue weighted by atomic mass is 35.5. The van der Waals surface area contributed by atoms with Gasteiger partial charge in [-0.3, -0.25) is 9.59 Å². The minimum atomic E-state index is -0.147. The van der Waals surface area contributed by atoms with Crippen LogP contribution in [0, 0.1) is 12.8 Å². The van der Waals surface area contributed by atoms with Crippen molar-refractivity contribution >= 4 is 29.9 Å². The maximum absolute atomic E-state index is 12.3. The van der Waals surface area contributed by atoms with Gasteiger partial charge in [0, 0.05) is 30.3 Å². The molecule has 5 nitrogen and oxygen atoms in total. The topological polar surface area (TPSA) is 84.2 Å². The van der Waals surface area contributed by atoms with Crippen molar-refractivity contribution in [1.82, 2.24) is 5.32 Å². The lowest BCUT2D eigenvalue weighted by molar-refractivity contribution is -0.122. The third-order valence-corrected chi connectivity index (χ3v) is 5.15. The van der Waals surface area contributed by atoms with Crippen LogP contribution in [0.25, 0.3) is 0 Å². The molecule has 3 rings (SSSR count). The highest BCUT2D eigenvalue weighted by Gasteiger charge is 2.25. The second-order valence-corrected chi connectivity index (χ2v) is 7.36. The Hall–Kier alpha value is -2.37. The molecule has 6 heteroatoms. The molecular formula is C22H28ClN3O2. The van der Waals surface area contributed by atoms with E-state index in [2.05, 4.69) is 10.6 Å². The van der Waals surface area contributed by atoms with Gasteiger partial charge in [-0.15, -0.1) is 12.4 Å². The van der Waals surface area contributed by atoms with Crippen molar-refractivity contribution < 1.29 is 9.59 Å². The molecule has 0 unspecified atom stereocenters. The SMILES string of the molecule is Cc1ccc(C(=O)Nc2cccc(CNC(=O)C[C@@H]3CCC[C@H]3N)c2)cc1.Cl. The zero-order chi connectivity index (χ0) is 19.2. The monoisotopic (exact) mass is 401 g/mol. The minimum Gasteiger partial charge on any atom is -0.352 e. The second kappa shape index (κ2) is 10.2. The minimum absolute atomic E-state index is 0. The molecule has 0 heterocycles. The average molecular weight is 402 g/mol. The van der Waals surface area contributed by atoms with Crippen LogP contribution in [0.1, 0.15) is 47.2 Å². The van der Waals surface area contributed by atoms with Crippen molar-refractivity contribution in [1.29, 1.82) is 0 Å². The fraction of sp³-hybridized carbons (Fsp3) is 0.364. The molecule has 2 atom stereocenters. The standard InChI is InChI=1S/C22H27N3O2.ClH/c1-15-8-10-17(11-9-15)22(27)25-19-6-2-4-16(12-19)14-24-21(26)13-18-5-3-7-20(18)23;/h2,4,6,8-12,18,20H,3,5,7,13-14,23H2,1H3,(H,24,26)(H,25,27);1H/t18-,20+;/m0./s1. The maximum atomic E-state index is 12.3. The summed E-state index contributed by atoms with van der Waals surface area (Å²) in [6.45, 7) is 2.43. The van der Waals surface area contributed by atoms with Crippen molar-refractivity contribution in [2.75, 3.05) is 5.32 Å². The van der Waals surface area contributed by atoms with Gasteiger partial charge < -0.3 is 16.4 Å². The van der Waals surface area contributed by atoms with E-state index in [0.29, 0.717) is 30.1 Å². The summed E-state index contributed by atoms with van der Waals surface area (Å²) < 4.78 is 0. The highest BCUT2D eigenvalue weighted by Crippen LogP contribution is 2.26. The van der Waals surface area contributed by atoms with Crippen LogP contribution in [0.5, 0.6) is 0 Å². The van der Waals surface area contributed by atoms with Gasteiger partial charge in [0.05, 0.1) is 0 Å². The molecule has 2 aromatic carbocycles. The number of carbonyl (C=O) groups excluding carboxylic acids is 2. The van der Waals surface area contributed by atoms with Crippen LogP contribution in [0.4, 0.5) is 5.69 Å². The molecule has 1 aliphatic rings. The van der Waals surface area contributed by atoms with Gasteiger partial charge in [0.2, 0.25) is 5.91 Å². The number of anilines is 1. The molecule has 1 fully saturated rings. The number of halogens is 1. The van der Waals surface area contributed by atoms with Crippen molar-refractivity contribution in [2.24, 2.45) is 11.7 Å². The summed E-state index contributed by atoms with van der Waals surface area (Å²) in [6, 6.07) is 15.1. The Morgan fingerprint density at radius 1 is 1.11 bits per heavy atom. The van der Waals surface area contributed by atoms with Crippen LogP contribution in [0.3, 0.4) is 0 Å². The first kappa shape index (κ1) is 21.9. The first-order valence-corrected chi connectivity index (χ1v) is 9.50. The summed E-state index contributed by atoms with van der Waals surface area (Å²) in [4.78, 5) is 24.5. The summed E-state index contributed by atoms with van der Waals surface area (Å²) >= 11 is 0. The number of rotatable bonds is 6. The van der Waals surface area contributed by atoms with Gasteiger partial charge in [-0.2, -0.15) is 0 Å². The Morgan fingerprint density at radius 2 is 1.86 bits per heavy atom. The van der Waals surface area contributed by atoms with Crippen molar-refractivity contribution in [2.45, 2.75) is 45.2 Å². The van der Waals surface area contributed by atoms with E-state index in [4.69, 9.17) is 5.73 Å². The molecule has 0 bridgehead atoms. The molecule has 0 radical (unpaired) electrons. The van der Waals surface area contributed by atoms with Crippen LogP contribution in [0.15, 0.2) is 48.5 Å². The Balaban J connectivity index is 0.00000280. The van der Waals surface area contributed by atoms with E-state index in [1.54, 1.807) is 0 Å². The molecule has 0 spiro atoms. The number of hydrogen-bond acceptors (Lipinski definition) is 3. The number of amides is 2. The zero-order valence-corrected chi connectivity index (χ0v) is 16.9. The van der Waals surface area contributed by atoms with E-state index in [-0.39, 0.29) is 30.3 Å². The summed E-state index contributed by atoms with van der Waals surface area (Å²) in [5, 5.41) is 5.86. The average Bonchev–Trinajstić information content (AvgIpc) is 3.05. The lowest BCUT2D eigenvalue weighted by atomic mass is 10.00. The molecule has 2 aromatic rings. The third kappa shape index (κ3) is 6.08. The van der Waals surface area contributed by atoms with Gasteiger partial charge in [0.15, 0.2) is 0 Å². The Morgan fingerprint density at radius 3 is 2.54 bits per heavy atom. The fourth-order valence-electron chi connectivity index (χ4n) is 3.50. The van der Waals surface area contributed by atoms with Gasteiger partial charge in [0.1, 0.15) is 0 Å². The maximum Gasteiger partial charge on any atom is 0.255 e.